The maximum atomic E-state index is 12.9. The Kier molecular flexibility index (Phi) is 6.33. The molecule has 2 heterocycles. The van der Waals surface area contributed by atoms with E-state index in [1.807, 2.05) is 0 Å². The molecule has 0 aliphatic rings. The van der Waals surface area contributed by atoms with Gasteiger partial charge in [0.15, 0.2) is 24.8 Å². The van der Waals surface area contributed by atoms with Crippen LogP contribution in [0.1, 0.15) is 0 Å². The third-order valence-electron chi connectivity index (χ3n) is 4.30. The van der Waals surface area contributed by atoms with E-state index in [1.54, 1.807) is 36.4 Å². The van der Waals surface area contributed by atoms with Crippen LogP contribution in [-0.4, -0.2) is 21.9 Å². The molecular weight excluding hydrogens is 706 g/mol. The van der Waals surface area contributed by atoms with Gasteiger partial charge >= 0.3 is 0 Å². The van der Waals surface area contributed by atoms with Gasteiger partial charge in [0, 0.05) is 16.5 Å². The Balaban J connectivity index is 1.83. The molecule has 0 spiro atoms. The Labute approximate surface area is 212 Å². The number of hydrogen-bond acceptors (Lipinski definition) is 8. The molecule has 0 atom stereocenters. The van der Waals surface area contributed by atoms with Crippen LogP contribution in [-0.2, 0) is 19.7 Å². The quantitative estimate of drug-likeness (QED) is 0.293. The van der Waals surface area contributed by atoms with Crippen molar-refractivity contribution in [1.29, 1.82) is 0 Å². The minimum atomic E-state index is -4.51. The summed E-state index contributed by atoms with van der Waals surface area (Å²) in [5.41, 5.74) is 0. The van der Waals surface area contributed by atoms with E-state index in [-0.39, 0.29) is 0 Å². The van der Waals surface area contributed by atoms with Crippen LogP contribution < -0.4 is 9.48 Å². The summed E-state index contributed by atoms with van der Waals surface area (Å²) in [5.74, 6) is 0. The second-order valence-corrected chi connectivity index (χ2v) is 15.3. The standard InChI is InChI=1S/C19H10I2O6S4/c20-12-1-3-14-10(5-12)7-16(18(22)28-14)30(24,25)9-31(26,27)17-8-11-6-13(21)2-4-15(11)29-19(17)23/h1-8H,9H2. The molecule has 2 aromatic heterocycles. The molecule has 0 bridgehead atoms. The van der Waals surface area contributed by atoms with Crippen LogP contribution in [0.3, 0.4) is 0 Å². The Morgan fingerprint density at radius 2 is 1.03 bits per heavy atom. The van der Waals surface area contributed by atoms with Gasteiger partial charge in [-0.2, -0.15) is 0 Å². The fourth-order valence-electron chi connectivity index (χ4n) is 2.92. The molecule has 31 heavy (non-hydrogen) atoms. The summed E-state index contributed by atoms with van der Waals surface area (Å²) in [5, 5.41) is -0.298. The first-order chi connectivity index (χ1) is 14.5. The summed E-state index contributed by atoms with van der Waals surface area (Å²) in [6, 6.07) is 12.8. The van der Waals surface area contributed by atoms with Crippen LogP contribution in [0, 0.1) is 7.14 Å². The Bertz CT molecular complexity index is 1580. The summed E-state index contributed by atoms with van der Waals surface area (Å²) in [6.45, 7) is 0. The topological polar surface area (TPSA) is 102 Å². The van der Waals surface area contributed by atoms with E-state index in [4.69, 9.17) is 0 Å². The van der Waals surface area contributed by atoms with Gasteiger partial charge in [-0.15, -0.1) is 0 Å². The summed E-state index contributed by atoms with van der Waals surface area (Å²) >= 11 is 5.60. The molecule has 0 amide bonds. The van der Waals surface area contributed by atoms with Crippen molar-refractivity contribution < 1.29 is 16.8 Å². The monoisotopic (exact) mass is 716 g/mol. The highest BCUT2D eigenvalue weighted by Crippen LogP contribution is 2.26. The highest BCUT2D eigenvalue weighted by Gasteiger charge is 2.30. The molecule has 4 aromatic rings. The molecule has 12 heteroatoms. The van der Waals surface area contributed by atoms with Gasteiger partial charge in [-0.1, -0.05) is 22.7 Å². The lowest BCUT2D eigenvalue weighted by Gasteiger charge is -2.07. The number of benzene rings is 2. The molecule has 0 unspecified atom stereocenters. The van der Waals surface area contributed by atoms with Gasteiger partial charge in [0.05, 0.1) is 0 Å². The minimum Gasteiger partial charge on any atom is -0.276 e. The lowest BCUT2D eigenvalue weighted by molar-refractivity contribution is 0.588. The van der Waals surface area contributed by atoms with E-state index in [9.17, 15) is 26.4 Å². The molecule has 0 N–H and O–H groups in total. The van der Waals surface area contributed by atoms with Gasteiger partial charge in [0.2, 0.25) is 0 Å². The Morgan fingerprint density at radius 1 is 0.645 bits per heavy atom. The normalized spacial score (nSPS) is 12.5. The van der Waals surface area contributed by atoms with Crippen LogP contribution in [0.25, 0.3) is 20.2 Å². The third kappa shape index (κ3) is 4.73. The number of fused-ring (bicyclic) bond motifs is 2. The van der Waals surface area contributed by atoms with Gasteiger partial charge in [-0.25, -0.2) is 16.8 Å². The van der Waals surface area contributed by atoms with Crippen molar-refractivity contribution in [2.24, 2.45) is 0 Å². The molecule has 160 valence electrons. The Morgan fingerprint density at radius 3 is 1.42 bits per heavy atom. The molecule has 0 fully saturated rings. The van der Waals surface area contributed by atoms with Crippen molar-refractivity contribution in [2.45, 2.75) is 9.79 Å². The van der Waals surface area contributed by atoms with E-state index in [2.05, 4.69) is 45.2 Å². The van der Waals surface area contributed by atoms with Gasteiger partial charge in [-0.05, 0) is 104 Å². The van der Waals surface area contributed by atoms with Crippen molar-refractivity contribution in [3.05, 3.63) is 74.7 Å². The van der Waals surface area contributed by atoms with E-state index in [0.717, 1.165) is 29.8 Å². The van der Waals surface area contributed by atoms with Crippen LogP contribution in [0.2, 0.25) is 0 Å². The van der Waals surface area contributed by atoms with Crippen LogP contribution in [0.15, 0.2) is 67.9 Å². The zero-order valence-electron chi connectivity index (χ0n) is 15.2. The number of hydrogen-bond donors (Lipinski definition) is 0. The third-order valence-corrected chi connectivity index (χ3v) is 12.3. The van der Waals surface area contributed by atoms with Gasteiger partial charge in [0.25, 0.3) is 9.48 Å². The van der Waals surface area contributed by atoms with Crippen molar-refractivity contribution in [1.82, 2.24) is 0 Å². The average molecular weight is 716 g/mol. The van der Waals surface area contributed by atoms with Crippen molar-refractivity contribution in [3.63, 3.8) is 0 Å². The maximum Gasteiger partial charge on any atom is 0.251 e. The number of sulfone groups is 2. The van der Waals surface area contributed by atoms with Gasteiger partial charge in [-0.3, -0.25) is 9.59 Å². The smallest absolute Gasteiger partial charge is 0.251 e. The fourth-order valence-corrected chi connectivity index (χ4v) is 10.2. The van der Waals surface area contributed by atoms with E-state index in [0.29, 0.717) is 20.2 Å². The molecule has 4 rings (SSSR count). The van der Waals surface area contributed by atoms with Gasteiger partial charge < -0.3 is 0 Å². The first kappa shape index (κ1) is 23.2. The molecule has 0 aliphatic heterocycles. The van der Waals surface area contributed by atoms with E-state index < -0.39 is 44.0 Å². The number of halogens is 2. The van der Waals surface area contributed by atoms with Crippen molar-refractivity contribution in [3.8, 4) is 0 Å². The molecule has 0 saturated carbocycles. The predicted molar refractivity (Wildman–Crippen MR) is 141 cm³/mol. The molecular formula is C19H10I2O6S4. The molecule has 6 nitrogen and oxygen atoms in total. The van der Waals surface area contributed by atoms with Crippen LogP contribution >= 0.6 is 67.9 Å². The maximum absolute atomic E-state index is 12.9. The first-order valence-corrected chi connectivity index (χ1v) is 15.5. The van der Waals surface area contributed by atoms with Crippen molar-refractivity contribution in [2.75, 3.05) is 5.08 Å². The number of rotatable bonds is 4. The summed E-state index contributed by atoms with van der Waals surface area (Å²) < 4.78 is 53.1. The lowest BCUT2D eigenvalue weighted by Crippen LogP contribution is -2.24. The van der Waals surface area contributed by atoms with Crippen LogP contribution in [0.5, 0.6) is 0 Å². The molecule has 2 aromatic carbocycles. The fraction of sp³-hybridized carbons (Fsp3) is 0.0526. The highest BCUT2D eigenvalue weighted by atomic mass is 127. The predicted octanol–water partition coefficient (Wildman–Crippen LogP) is 4.25. The van der Waals surface area contributed by atoms with Gasteiger partial charge in [0.1, 0.15) is 9.79 Å². The largest absolute Gasteiger partial charge is 0.276 e. The average Bonchev–Trinajstić information content (AvgIpc) is 2.66. The first-order valence-electron chi connectivity index (χ1n) is 8.39. The highest BCUT2D eigenvalue weighted by molar-refractivity contribution is 14.1. The minimum absolute atomic E-state index is 0.527. The Hall–Kier alpha value is -0.940. The SMILES string of the molecule is O=c1sc2ccc(I)cc2cc1S(=O)(=O)CS(=O)(=O)c1cc2cc(I)ccc2sc1=O. The molecule has 0 aliphatic carbocycles. The zero-order chi connectivity index (χ0) is 22.6. The molecule has 0 saturated heterocycles. The van der Waals surface area contributed by atoms with Crippen LogP contribution in [0.4, 0.5) is 0 Å². The second kappa shape index (κ2) is 8.44. The second-order valence-electron chi connectivity index (χ2n) is 6.51. The van der Waals surface area contributed by atoms with Crippen molar-refractivity contribution >= 4 is 108 Å². The summed E-state index contributed by atoms with van der Waals surface area (Å²) in [6.07, 6.45) is 0. The van der Waals surface area contributed by atoms with E-state index in [1.165, 1.54) is 12.1 Å². The lowest BCUT2D eigenvalue weighted by atomic mass is 10.2. The molecule has 0 radical (unpaired) electrons. The summed E-state index contributed by atoms with van der Waals surface area (Å²) in [4.78, 5) is 23.7. The zero-order valence-corrected chi connectivity index (χ0v) is 22.7. The summed E-state index contributed by atoms with van der Waals surface area (Å²) in [7, 11) is -9.02. The van der Waals surface area contributed by atoms with E-state index >= 15 is 0 Å².